The van der Waals surface area contributed by atoms with Gasteiger partial charge in [0, 0.05) is 0 Å². The number of halogens is 4. The molecule has 1 nitrogen and oxygen atoms in total. The highest BCUT2D eigenvalue weighted by atomic mass is 19.2. The van der Waals surface area contributed by atoms with Gasteiger partial charge in [0.15, 0.2) is 29.0 Å². The Morgan fingerprint density at radius 2 is 1.53 bits per heavy atom. The predicted octanol–water partition coefficient (Wildman–Crippen LogP) is 3.10. The third-order valence-electron chi connectivity index (χ3n) is 2.06. The van der Waals surface area contributed by atoms with E-state index in [-0.39, 0.29) is 5.39 Å². The molecule has 0 spiro atoms. The van der Waals surface area contributed by atoms with Crippen molar-refractivity contribution < 1.29 is 22.7 Å². The van der Waals surface area contributed by atoms with E-state index in [9.17, 15) is 17.6 Å². The van der Waals surface area contributed by atoms with Gasteiger partial charge in [-0.15, -0.1) is 0 Å². The van der Waals surface area contributed by atoms with E-state index in [2.05, 4.69) is 0 Å². The molecule has 15 heavy (non-hydrogen) atoms. The zero-order chi connectivity index (χ0) is 11.2. The van der Waals surface area contributed by atoms with Crippen LogP contribution in [0.2, 0.25) is 0 Å². The normalized spacial score (nSPS) is 10.9. The first-order valence-corrected chi connectivity index (χ1v) is 3.97. The van der Waals surface area contributed by atoms with Gasteiger partial charge in [-0.2, -0.15) is 0 Å². The van der Waals surface area contributed by atoms with Crippen molar-refractivity contribution in [2.75, 3.05) is 0 Å². The van der Waals surface area contributed by atoms with E-state index in [4.69, 9.17) is 5.11 Å². The fourth-order valence-corrected chi connectivity index (χ4v) is 1.34. The van der Waals surface area contributed by atoms with E-state index in [1.165, 1.54) is 0 Å². The van der Waals surface area contributed by atoms with Crippen LogP contribution in [0.4, 0.5) is 17.6 Å². The van der Waals surface area contributed by atoms with E-state index in [0.29, 0.717) is 6.07 Å². The Hall–Kier alpha value is -1.78. The lowest BCUT2D eigenvalue weighted by Crippen LogP contribution is -1.94. The Morgan fingerprint density at radius 1 is 0.867 bits per heavy atom. The standard InChI is InChI=1S/C10H4F4O/c11-5-3-4-1-2-6(15)9(13)7(4)10(14)8(5)12/h1-3,15H. The second-order valence-electron chi connectivity index (χ2n) is 2.98. The molecular formula is C10H4F4O. The summed E-state index contributed by atoms with van der Waals surface area (Å²) in [5.74, 6) is -6.91. The average Bonchev–Trinajstić information content (AvgIpc) is 2.20. The number of phenolic OH excluding ortho intramolecular Hbond substituents is 1. The fraction of sp³-hybridized carbons (Fsp3) is 0. The van der Waals surface area contributed by atoms with Gasteiger partial charge in [0.05, 0.1) is 5.39 Å². The monoisotopic (exact) mass is 216 g/mol. The number of benzene rings is 2. The van der Waals surface area contributed by atoms with E-state index in [1.54, 1.807) is 0 Å². The van der Waals surface area contributed by atoms with E-state index in [0.717, 1.165) is 12.1 Å². The van der Waals surface area contributed by atoms with Crippen LogP contribution in [0.1, 0.15) is 0 Å². The summed E-state index contributed by atoms with van der Waals surface area (Å²) in [5, 5.41) is 8.04. The van der Waals surface area contributed by atoms with E-state index >= 15 is 0 Å². The molecular weight excluding hydrogens is 212 g/mol. The molecule has 0 heterocycles. The first-order valence-electron chi connectivity index (χ1n) is 3.97. The van der Waals surface area contributed by atoms with Crippen LogP contribution in [0, 0.1) is 23.3 Å². The zero-order valence-corrected chi connectivity index (χ0v) is 7.19. The van der Waals surface area contributed by atoms with Gasteiger partial charge in [0.1, 0.15) is 0 Å². The highest BCUT2D eigenvalue weighted by Crippen LogP contribution is 2.29. The lowest BCUT2D eigenvalue weighted by atomic mass is 10.1. The molecule has 0 radical (unpaired) electrons. The van der Waals surface area contributed by atoms with Crippen LogP contribution in [0.15, 0.2) is 18.2 Å². The van der Waals surface area contributed by atoms with Crippen molar-refractivity contribution in [2.24, 2.45) is 0 Å². The minimum absolute atomic E-state index is 0.151. The highest BCUT2D eigenvalue weighted by Gasteiger charge is 2.18. The third kappa shape index (κ3) is 1.31. The molecule has 0 unspecified atom stereocenters. The Labute approximate surface area is 81.6 Å². The molecule has 0 bridgehead atoms. The quantitative estimate of drug-likeness (QED) is 0.530. The molecule has 78 valence electrons. The van der Waals surface area contributed by atoms with Crippen molar-refractivity contribution in [3.63, 3.8) is 0 Å². The average molecular weight is 216 g/mol. The van der Waals surface area contributed by atoms with Crippen LogP contribution in [-0.2, 0) is 0 Å². The summed E-state index contributed by atoms with van der Waals surface area (Å²) >= 11 is 0. The van der Waals surface area contributed by atoms with Crippen LogP contribution in [0.25, 0.3) is 10.8 Å². The van der Waals surface area contributed by atoms with Crippen molar-refractivity contribution in [3.05, 3.63) is 41.5 Å². The molecule has 0 atom stereocenters. The number of hydrogen-bond acceptors (Lipinski definition) is 1. The molecule has 2 aromatic rings. The van der Waals surface area contributed by atoms with E-state index in [1.807, 2.05) is 0 Å². The number of rotatable bonds is 0. The van der Waals surface area contributed by atoms with Gasteiger partial charge in [-0.1, -0.05) is 6.07 Å². The summed E-state index contributed by atoms with van der Waals surface area (Å²) in [7, 11) is 0. The van der Waals surface area contributed by atoms with Gasteiger partial charge in [-0.05, 0) is 17.5 Å². The summed E-state index contributed by atoms with van der Waals surface area (Å²) in [6.07, 6.45) is 0. The van der Waals surface area contributed by atoms with Crippen LogP contribution in [0.5, 0.6) is 5.75 Å². The van der Waals surface area contributed by atoms with Crippen LogP contribution in [-0.4, -0.2) is 5.11 Å². The number of phenols is 1. The summed E-state index contributed by atoms with van der Waals surface area (Å²) in [5.41, 5.74) is 0. The largest absolute Gasteiger partial charge is 0.505 e. The lowest BCUT2D eigenvalue weighted by molar-refractivity contribution is 0.428. The van der Waals surface area contributed by atoms with Crippen molar-refractivity contribution in [2.45, 2.75) is 0 Å². The second kappa shape index (κ2) is 3.12. The van der Waals surface area contributed by atoms with Gasteiger partial charge >= 0.3 is 0 Å². The topological polar surface area (TPSA) is 20.2 Å². The second-order valence-corrected chi connectivity index (χ2v) is 2.98. The maximum absolute atomic E-state index is 13.2. The Balaban J connectivity index is 3.00. The molecule has 0 aliphatic rings. The molecule has 0 aliphatic carbocycles. The Bertz CT molecular complexity index is 551. The maximum Gasteiger partial charge on any atom is 0.195 e. The zero-order valence-electron chi connectivity index (χ0n) is 7.19. The smallest absolute Gasteiger partial charge is 0.195 e. The number of fused-ring (bicyclic) bond motifs is 1. The molecule has 0 saturated heterocycles. The predicted molar refractivity (Wildman–Crippen MR) is 45.4 cm³/mol. The molecule has 2 rings (SSSR count). The van der Waals surface area contributed by atoms with Gasteiger partial charge in [0.2, 0.25) is 0 Å². The molecule has 0 amide bonds. The number of aromatic hydroxyl groups is 1. The third-order valence-corrected chi connectivity index (χ3v) is 2.06. The van der Waals surface area contributed by atoms with Crippen molar-refractivity contribution in [1.82, 2.24) is 0 Å². The van der Waals surface area contributed by atoms with Crippen LogP contribution >= 0.6 is 0 Å². The molecule has 0 aliphatic heterocycles. The minimum atomic E-state index is -1.76. The summed E-state index contributed by atoms with van der Waals surface area (Å²) < 4.78 is 51.8. The lowest BCUT2D eigenvalue weighted by Gasteiger charge is -2.04. The summed E-state index contributed by atoms with van der Waals surface area (Å²) in [6.45, 7) is 0. The van der Waals surface area contributed by atoms with Crippen LogP contribution < -0.4 is 0 Å². The van der Waals surface area contributed by atoms with Crippen molar-refractivity contribution in [1.29, 1.82) is 0 Å². The van der Waals surface area contributed by atoms with Crippen molar-refractivity contribution >= 4 is 10.8 Å². The van der Waals surface area contributed by atoms with Crippen molar-refractivity contribution in [3.8, 4) is 5.75 Å². The van der Waals surface area contributed by atoms with Gasteiger partial charge in [-0.3, -0.25) is 0 Å². The van der Waals surface area contributed by atoms with Gasteiger partial charge in [-0.25, -0.2) is 17.6 Å². The summed E-state index contributed by atoms with van der Waals surface area (Å²) in [4.78, 5) is 0. The molecule has 0 saturated carbocycles. The first-order chi connectivity index (χ1) is 7.02. The number of hydrogen-bond donors (Lipinski definition) is 1. The maximum atomic E-state index is 13.2. The highest BCUT2D eigenvalue weighted by molar-refractivity contribution is 5.85. The molecule has 5 heteroatoms. The SMILES string of the molecule is Oc1ccc2cc(F)c(F)c(F)c2c1F. The van der Waals surface area contributed by atoms with Gasteiger partial charge < -0.3 is 5.11 Å². The fourth-order valence-electron chi connectivity index (χ4n) is 1.34. The minimum Gasteiger partial charge on any atom is -0.505 e. The summed E-state index contributed by atoms with van der Waals surface area (Å²) in [6, 6.07) is 2.70. The Morgan fingerprint density at radius 3 is 2.20 bits per heavy atom. The Kier molecular flexibility index (Phi) is 2.03. The molecule has 0 fully saturated rings. The van der Waals surface area contributed by atoms with E-state index < -0.39 is 34.4 Å². The molecule has 0 aromatic heterocycles. The van der Waals surface area contributed by atoms with Gasteiger partial charge in [0.25, 0.3) is 0 Å². The van der Waals surface area contributed by atoms with Crippen LogP contribution in [0.3, 0.4) is 0 Å². The molecule has 1 N–H and O–H groups in total. The first kappa shape index (κ1) is 9.76. The molecule has 2 aromatic carbocycles.